The molecule has 0 saturated heterocycles. The van der Waals surface area contributed by atoms with Crippen LogP contribution in [0.1, 0.15) is 29.5 Å². The summed E-state index contributed by atoms with van der Waals surface area (Å²) < 4.78 is 5.42. The molecule has 1 aliphatic carbocycles. The number of rotatable bonds is 5. The fraction of sp³-hybridized carbons (Fsp3) is 0.368. The highest BCUT2D eigenvalue weighted by molar-refractivity contribution is 5.72. The molecule has 0 bridgehead atoms. The maximum Gasteiger partial charge on any atom is 0.122 e. The smallest absolute Gasteiger partial charge is 0.122 e. The molecule has 1 fully saturated rings. The van der Waals surface area contributed by atoms with Crippen LogP contribution in [0.25, 0.3) is 11.1 Å². The molecule has 2 nitrogen and oxygen atoms in total. The second-order valence-electron chi connectivity index (χ2n) is 5.95. The van der Waals surface area contributed by atoms with E-state index in [4.69, 9.17) is 4.74 Å². The molecule has 3 rings (SSSR count). The lowest BCUT2D eigenvalue weighted by Crippen LogP contribution is -2.15. The second-order valence-corrected chi connectivity index (χ2v) is 5.95. The van der Waals surface area contributed by atoms with E-state index in [2.05, 4.69) is 55.6 Å². The normalized spacial score (nSPS) is 14.2. The number of hydrogen-bond donors (Lipinski definition) is 1. The van der Waals surface area contributed by atoms with Crippen LogP contribution >= 0.6 is 0 Å². The summed E-state index contributed by atoms with van der Waals surface area (Å²) in [6, 6.07) is 13.8. The zero-order chi connectivity index (χ0) is 14.8. The van der Waals surface area contributed by atoms with Crippen molar-refractivity contribution in [3.8, 4) is 16.9 Å². The average molecular weight is 281 g/mol. The van der Waals surface area contributed by atoms with Gasteiger partial charge in [0.05, 0.1) is 7.11 Å². The minimum atomic E-state index is 0.733. The van der Waals surface area contributed by atoms with Gasteiger partial charge < -0.3 is 10.1 Å². The molecular formula is C19H23NO. The van der Waals surface area contributed by atoms with Crippen LogP contribution in [-0.2, 0) is 6.54 Å². The third-order valence-corrected chi connectivity index (χ3v) is 4.21. The quantitative estimate of drug-likeness (QED) is 0.885. The minimum absolute atomic E-state index is 0.733. The Labute approximate surface area is 127 Å². The zero-order valence-corrected chi connectivity index (χ0v) is 13.1. The summed E-state index contributed by atoms with van der Waals surface area (Å²) >= 11 is 0. The van der Waals surface area contributed by atoms with E-state index < -0.39 is 0 Å². The maximum atomic E-state index is 5.42. The van der Waals surface area contributed by atoms with Crippen molar-refractivity contribution in [1.82, 2.24) is 5.32 Å². The summed E-state index contributed by atoms with van der Waals surface area (Å²) in [4.78, 5) is 0. The Bertz CT molecular complexity index is 644. The van der Waals surface area contributed by atoms with Gasteiger partial charge in [-0.3, -0.25) is 0 Å². The van der Waals surface area contributed by atoms with E-state index in [1.54, 1.807) is 7.11 Å². The van der Waals surface area contributed by atoms with Crippen LogP contribution in [0, 0.1) is 13.8 Å². The van der Waals surface area contributed by atoms with Crippen molar-refractivity contribution >= 4 is 0 Å². The first kappa shape index (κ1) is 14.2. The molecule has 0 amide bonds. The predicted molar refractivity (Wildman–Crippen MR) is 87.8 cm³/mol. The molecule has 0 unspecified atom stereocenters. The molecule has 1 saturated carbocycles. The number of aryl methyl sites for hydroxylation is 2. The highest BCUT2D eigenvalue weighted by Gasteiger charge is 2.20. The molecule has 0 radical (unpaired) electrons. The van der Waals surface area contributed by atoms with Crippen molar-refractivity contribution in [3.05, 3.63) is 53.1 Å². The molecule has 0 aromatic heterocycles. The van der Waals surface area contributed by atoms with E-state index in [9.17, 15) is 0 Å². The molecule has 2 aromatic carbocycles. The summed E-state index contributed by atoms with van der Waals surface area (Å²) in [5, 5.41) is 3.61. The molecule has 1 aliphatic rings. The fourth-order valence-corrected chi connectivity index (χ4v) is 2.78. The highest BCUT2D eigenvalue weighted by atomic mass is 16.5. The van der Waals surface area contributed by atoms with Gasteiger partial charge >= 0.3 is 0 Å². The van der Waals surface area contributed by atoms with Crippen molar-refractivity contribution < 1.29 is 4.74 Å². The zero-order valence-electron chi connectivity index (χ0n) is 13.1. The molecule has 0 spiro atoms. The lowest BCUT2D eigenvalue weighted by atomic mass is 9.94. The third-order valence-electron chi connectivity index (χ3n) is 4.21. The molecule has 2 heteroatoms. The SMILES string of the molecule is COc1cc(C)c(-c2ccccc2CNC2CC2)cc1C. The van der Waals surface area contributed by atoms with E-state index in [-0.39, 0.29) is 0 Å². The largest absolute Gasteiger partial charge is 0.496 e. The van der Waals surface area contributed by atoms with Gasteiger partial charge in [0.25, 0.3) is 0 Å². The number of methoxy groups -OCH3 is 1. The number of ether oxygens (including phenoxy) is 1. The molecular weight excluding hydrogens is 258 g/mol. The van der Waals surface area contributed by atoms with Crippen molar-refractivity contribution in [2.45, 2.75) is 39.3 Å². The number of hydrogen-bond acceptors (Lipinski definition) is 2. The third kappa shape index (κ3) is 3.11. The Morgan fingerprint density at radius 1 is 1.05 bits per heavy atom. The average Bonchev–Trinajstić information content (AvgIpc) is 3.32. The summed E-state index contributed by atoms with van der Waals surface area (Å²) in [6.45, 7) is 5.21. The molecule has 0 heterocycles. The Kier molecular flexibility index (Phi) is 3.98. The van der Waals surface area contributed by atoms with Crippen LogP contribution in [0.15, 0.2) is 36.4 Å². The van der Waals surface area contributed by atoms with Crippen LogP contribution in [-0.4, -0.2) is 13.2 Å². The molecule has 1 N–H and O–H groups in total. The Morgan fingerprint density at radius 2 is 1.81 bits per heavy atom. The van der Waals surface area contributed by atoms with Gasteiger partial charge in [0, 0.05) is 12.6 Å². The topological polar surface area (TPSA) is 21.3 Å². The van der Waals surface area contributed by atoms with Crippen molar-refractivity contribution in [2.75, 3.05) is 7.11 Å². The van der Waals surface area contributed by atoms with Gasteiger partial charge in [-0.15, -0.1) is 0 Å². The van der Waals surface area contributed by atoms with Crippen LogP contribution in [0.3, 0.4) is 0 Å². The van der Waals surface area contributed by atoms with Gasteiger partial charge in [-0.1, -0.05) is 24.3 Å². The maximum absolute atomic E-state index is 5.42. The van der Waals surface area contributed by atoms with E-state index >= 15 is 0 Å². The molecule has 0 aliphatic heterocycles. The van der Waals surface area contributed by atoms with E-state index in [1.165, 1.54) is 40.7 Å². The van der Waals surface area contributed by atoms with Crippen molar-refractivity contribution in [3.63, 3.8) is 0 Å². The van der Waals surface area contributed by atoms with Crippen LogP contribution in [0.5, 0.6) is 5.75 Å². The summed E-state index contributed by atoms with van der Waals surface area (Å²) in [6.07, 6.45) is 2.64. The van der Waals surface area contributed by atoms with Crippen molar-refractivity contribution in [2.24, 2.45) is 0 Å². The van der Waals surface area contributed by atoms with E-state index in [0.717, 1.165) is 18.3 Å². The first-order valence-electron chi connectivity index (χ1n) is 7.66. The summed E-state index contributed by atoms with van der Waals surface area (Å²) in [7, 11) is 1.73. The molecule has 2 aromatic rings. The summed E-state index contributed by atoms with van der Waals surface area (Å²) in [5.74, 6) is 0.963. The fourth-order valence-electron chi connectivity index (χ4n) is 2.78. The van der Waals surface area contributed by atoms with Crippen LogP contribution in [0.4, 0.5) is 0 Å². The first-order chi connectivity index (χ1) is 10.2. The van der Waals surface area contributed by atoms with E-state index in [0.29, 0.717) is 0 Å². The predicted octanol–water partition coefficient (Wildman–Crippen LogP) is 4.23. The first-order valence-corrected chi connectivity index (χ1v) is 7.66. The lowest BCUT2D eigenvalue weighted by Gasteiger charge is -2.15. The monoisotopic (exact) mass is 281 g/mol. The molecule has 110 valence electrons. The Hall–Kier alpha value is -1.80. The van der Waals surface area contributed by atoms with Gasteiger partial charge in [0.15, 0.2) is 0 Å². The van der Waals surface area contributed by atoms with Gasteiger partial charge in [-0.25, -0.2) is 0 Å². The van der Waals surface area contributed by atoms with Gasteiger partial charge in [-0.05, 0) is 66.6 Å². The lowest BCUT2D eigenvalue weighted by molar-refractivity contribution is 0.411. The van der Waals surface area contributed by atoms with Crippen molar-refractivity contribution in [1.29, 1.82) is 0 Å². The molecule has 21 heavy (non-hydrogen) atoms. The van der Waals surface area contributed by atoms with Crippen LogP contribution in [0.2, 0.25) is 0 Å². The van der Waals surface area contributed by atoms with Gasteiger partial charge in [0.2, 0.25) is 0 Å². The van der Waals surface area contributed by atoms with Crippen LogP contribution < -0.4 is 10.1 Å². The molecule has 0 atom stereocenters. The minimum Gasteiger partial charge on any atom is -0.496 e. The van der Waals surface area contributed by atoms with Gasteiger partial charge in [0.1, 0.15) is 5.75 Å². The standard InChI is InChI=1S/C19H23NO/c1-13-11-19(21-3)14(2)10-18(13)17-7-5-4-6-15(17)12-20-16-8-9-16/h4-7,10-11,16,20H,8-9,12H2,1-3H3. The summed E-state index contributed by atoms with van der Waals surface area (Å²) in [5.41, 5.74) is 6.45. The second kappa shape index (κ2) is 5.90. The van der Waals surface area contributed by atoms with Gasteiger partial charge in [-0.2, -0.15) is 0 Å². The Morgan fingerprint density at radius 3 is 2.52 bits per heavy atom. The van der Waals surface area contributed by atoms with E-state index in [1.807, 2.05) is 0 Å². The highest BCUT2D eigenvalue weighted by Crippen LogP contribution is 2.32. The number of benzene rings is 2. The number of nitrogens with one attached hydrogen (secondary N) is 1. The Balaban J connectivity index is 1.97.